The van der Waals surface area contributed by atoms with Crippen molar-refractivity contribution in [3.8, 4) is 0 Å². The number of hydrogen-bond donors (Lipinski definition) is 0. The first-order valence-electron chi connectivity index (χ1n) is 6.96. The van der Waals surface area contributed by atoms with Gasteiger partial charge in [0.15, 0.2) is 5.78 Å². The molecular weight excluding hydrogens is 328 g/mol. The van der Waals surface area contributed by atoms with Crippen molar-refractivity contribution in [2.45, 2.75) is 31.7 Å². The van der Waals surface area contributed by atoms with Crippen LogP contribution in [0, 0.1) is 0 Å². The minimum absolute atomic E-state index is 0.222. The maximum absolute atomic E-state index is 12.3. The van der Waals surface area contributed by atoms with E-state index < -0.39 is 30.2 Å². The van der Waals surface area contributed by atoms with Crippen LogP contribution in [0.4, 0.5) is 4.79 Å². The molecule has 1 aliphatic carbocycles. The molecule has 2 fully saturated rings. The third-order valence-corrected chi connectivity index (χ3v) is 5.20. The number of amides is 4. The summed E-state index contributed by atoms with van der Waals surface area (Å²) in [5.41, 5.74) is 0. The first kappa shape index (κ1) is 15.2. The maximum Gasteiger partial charge on any atom is 0.334 e. The highest BCUT2D eigenvalue weighted by atomic mass is 35.5. The molecule has 0 aromatic carbocycles. The molecule has 4 amide bonds. The lowest BCUT2D eigenvalue weighted by Crippen LogP contribution is -2.40. The van der Waals surface area contributed by atoms with Crippen LogP contribution in [0.25, 0.3) is 0 Å². The van der Waals surface area contributed by atoms with E-state index in [-0.39, 0.29) is 6.04 Å². The first-order chi connectivity index (χ1) is 10.5. The molecule has 1 saturated carbocycles. The van der Waals surface area contributed by atoms with E-state index in [9.17, 15) is 19.2 Å². The number of rotatable bonds is 4. The van der Waals surface area contributed by atoms with Crippen LogP contribution in [-0.2, 0) is 9.59 Å². The standard InChI is InChI=1S/C14H13ClN2O4S/c15-11-6-5-10(22-11)9(18)7-16-12(19)13(20)17(14(16)21)8-3-1-2-4-8/h5-6,8H,1-4,7H2. The van der Waals surface area contributed by atoms with Crippen LogP contribution in [-0.4, -0.2) is 46.0 Å². The number of hydrogen-bond acceptors (Lipinski definition) is 5. The Labute approximate surface area is 135 Å². The topological polar surface area (TPSA) is 74.8 Å². The zero-order chi connectivity index (χ0) is 15.9. The molecule has 1 aromatic rings. The lowest BCUT2D eigenvalue weighted by atomic mass is 10.2. The predicted molar refractivity (Wildman–Crippen MR) is 79.9 cm³/mol. The van der Waals surface area contributed by atoms with Crippen molar-refractivity contribution in [3.63, 3.8) is 0 Å². The van der Waals surface area contributed by atoms with Crippen molar-refractivity contribution in [1.29, 1.82) is 0 Å². The molecule has 0 spiro atoms. The van der Waals surface area contributed by atoms with Gasteiger partial charge in [0.1, 0.15) is 0 Å². The van der Waals surface area contributed by atoms with Crippen molar-refractivity contribution < 1.29 is 19.2 Å². The first-order valence-corrected chi connectivity index (χ1v) is 8.16. The zero-order valence-electron chi connectivity index (χ0n) is 11.6. The summed E-state index contributed by atoms with van der Waals surface area (Å²) in [5, 5.41) is 0. The highest BCUT2D eigenvalue weighted by Gasteiger charge is 2.48. The summed E-state index contributed by atoms with van der Waals surface area (Å²) in [7, 11) is 0. The molecule has 0 bridgehead atoms. The Bertz CT molecular complexity index is 666. The van der Waals surface area contributed by atoms with Crippen molar-refractivity contribution in [1.82, 2.24) is 9.80 Å². The van der Waals surface area contributed by atoms with E-state index in [1.807, 2.05) is 0 Å². The van der Waals surface area contributed by atoms with Crippen LogP contribution in [0.3, 0.4) is 0 Å². The van der Waals surface area contributed by atoms with Crippen molar-refractivity contribution >= 4 is 46.6 Å². The van der Waals surface area contributed by atoms with Gasteiger partial charge in [0.05, 0.1) is 15.8 Å². The van der Waals surface area contributed by atoms with Gasteiger partial charge in [-0.25, -0.2) is 9.69 Å². The number of imide groups is 2. The fourth-order valence-corrected chi connectivity index (χ4v) is 3.80. The largest absolute Gasteiger partial charge is 0.334 e. The summed E-state index contributed by atoms with van der Waals surface area (Å²) in [4.78, 5) is 50.6. The Balaban J connectivity index is 1.76. The minimum Gasteiger partial charge on any atom is -0.291 e. The number of Topliss-reactive ketones (excluding diaryl/α,β-unsaturated/α-hetero) is 1. The van der Waals surface area contributed by atoms with Crippen LogP contribution in [0.2, 0.25) is 4.34 Å². The van der Waals surface area contributed by atoms with Gasteiger partial charge in [-0.2, -0.15) is 0 Å². The fourth-order valence-electron chi connectivity index (χ4n) is 2.83. The normalized spacial score (nSPS) is 19.6. The second kappa shape index (κ2) is 5.81. The zero-order valence-corrected chi connectivity index (χ0v) is 13.2. The van der Waals surface area contributed by atoms with Gasteiger partial charge in [0, 0.05) is 6.04 Å². The highest BCUT2D eigenvalue weighted by Crippen LogP contribution is 2.28. The summed E-state index contributed by atoms with van der Waals surface area (Å²) < 4.78 is 0.450. The van der Waals surface area contributed by atoms with Crippen LogP contribution >= 0.6 is 22.9 Å². The molecule has 1 aliphatic heterocycles. The van der Waals surface area contributed by atoms with Crippen LogP contribution in [0.1, 0.15) is 35.4 Å². The van der Waals surface area contributed by atoms with E-state index >= 15 is 0 Å². The van der Waals surface area contributed by atoms with Gasteiger partial charge in [0.25, 0.3) is 0 Å². The number of halogens is 1. The average Bonchev–Trinajstić information content (AvgIpc) is 3.18. The number of nitrogens with zero attached hydrogens (tertiary/aromatic N) is 2. The summed E-state index contributed by atoms with van der Waals surface area (Å²) in [6.07, 6.45) is 3.30. The van der Waals surface area contributed by atoms with Gasteiger partial charge in [0.2, 0.25) is 0 Å². The van der Waals surface area contributed by atoms with Crippen molar-refractivity contribution in [2.24, 2.45) is 0 Å². The van der Waals surface area contributed by atoms with Crippen molar-refractivity contribution in [3.05, 3.63) is 21.3 Å². The monoisotopic (exact) mass is 340 g/mol. The summed E-state index contributed by atoms with van der Waals surface area (Å²) in [6, 6.07) is 2.21. The van der Waals surface area contributed by atoms with Gasteiger partial charge in [-0.3, -0.25) is 19.3 Å². The SMILES string of the molecule is O=C(CN1C(=O)C(=O)N(C2CCCC2)C1=O)c1ccc(Cl)s1. The Kier molecular flexibility index (Phi) is 4.01. The lowest BCUT2D eigenvalue weighted by Gasteiger charge is -2.20. The van der Waals surface area contributed by atoms with E-state index in [0.29, 0.717) is 22.1 Å². The summed E-state index contributed by atoms with van der Waals surface area (Å²) >= 11 is 6.84. The molecule has 0 radical (unpaired) electrons. The smallest absolute Gasteiger partial charge is 0.291 e. The molecule has 0 atom stereocenters. The summed E-state index contributed by atoms with van der Waals surface area (Å²) in [6.45, 7) is -0.427. The van der Waals surface area contributed by atoms with E-state index in [4.69, 9.17) is 11.6 Å². The number of ketones is 1. The Morgan fingerprint density at radius 1 is 1.18 bits per heavy atom. The van der Waals surface area contributed by atoms with Gasteiger partial charge in [-0.05, 0) is 25.0 Å². The summed E-state index contributed by atoms with van der Waals surface area (Å²) in [5.74, 6) is -2.15. The van der Waals surface area contributed by atoms with Gasteiger partial charge in [-0.1, -0.05) is 24.4 Å². The highest BCUT2D eigenvalue weighted by molar-refractivity contribution is 7.18. The lowest BCUT2D eigenvalue weighted by molar-refractivity contribution is -0.143. The van der Waals surface area contributed by atoms with Crippen LogP contribution in [0.5, 0.6) is 0 Å². The maximum atomic E-state index is 12.3. The molecular formula is C14H13ClN2O4S. The van der Waals surface area contributed by atoms with Crippen molar-refractivity contribution in [2.75, 3.05) is 6.54 Å². The average molecular weight is 341 g/mol. The quantitative estimate of drug-likeness (QED) is 0.479. The van der Waals surface area contributed by atoms with Crippen LogP contribution in [0.15, 0.2) is 12.1 Å². The van der Waals surface area contributed by atoms with Gasteiger partial charge in [-0.15, -0.1) is 11.3 Å². The van der Waals surface area contributed by atoms with E-state index in [2.05, 4.69) is 0 Å². The number of thiophene rings is 1. The Hall–Kier alpha value is -1.73. The third-order valence-electron chi connectivity index (χ3n) is 3.92. The molecule has 8 heteroatoms. The minimum atomic E-state index is -0.923. The number of urea groups is 1. The van der Waals surface area contributed by atoms with E-state index in [0.717, 1.165) is 34.0 Å². The second-order valence-corrected chi connectivity index (χ2v) is 7.03. The second-order valence-electron chi connectivity index (χ2n) is 5.31. The Morgan fingerprint density at radius 2 is 1.86 bits per heavy atom. The third kappa shape index (κ3) is 2.55. The molecule has 2 aliphatic rings. The Morgan fingerprint density at radius 3 is 2.45 bits per heavy atom. The predicted octanol–water partition coefficient (Wildman–Crippen LogP) is 2.32. The molecule has 1 saturated heterocycles. The molecule has 2 heterocycles. The molecule has 116 valence electrons. The van der Waals surface area contributed by atoms with Gasteiger partial charge < -0.3 is 0 Å². The number of carbonyl (C=O) groups is 4. The van der Waals surface area contributed by atoms with E-state index in [1.54, 1.807) is 6.07 Å². The fraction of sp³-hybridized carbons (Fsp3) is 0.429. The molecule has 6 nitrogen and oxygen atoms in total. The molecule has 1 aromatic heterocycles. The van der Waals surface area contributed by atoms with E-state index in [1.165, 1.54) is 6.07 Å². The molecule has 0 N–H and O–H groups in total. The molecule has 0 unspecified atom stereocenters. The van der Waals surface area contributed by atoms with Crippen LogP contribution < -0.4 is 0 Å². The molecule has 22 heavy (non-hydrogen) atoms. The number of carbonyl (C=O) groups excluding carboxylic acids is 4. The van der Waals surface area contributed by atoms with Gasteiger partial charge >= 0.3 is 17.8 Å². The molecule has 3 rings (SSSR count).